The van der Waals surface area contributed by atoms with E-state index in [0.717, 1.165) is 12.2 Å². The number of aromatic nitrogens is 1. The number of fused-ring (bicyclic) bond motifs is 1. The lowest BCUT2D eigenvalue weighted by atomic mass is 10.0. The predicted octanol–water partition coefficient (Wildman–Crippen LogP) is 3.73. The standard InChI is InChI=1S/C17H22N2OS/c1-3-20-13-8-6-7-12(11-13)16(18-2)17-19-14-9-4-5-10-15(14)21-17/h6-8,11,16,18H,3-5,9-10H2,1-2H3. The Morgan fingerprint density at radius 2 is 2.19 bits per heavy atom. The average molecular weight is 302 g/mol. The molecule has 1 N–H and O–H groups in total. The van der Waals surface area contributed by atoms with Crippen molar-refractivity contribution < 1.29 is 4.74 Å². The maximum absolute atomic E-state index is 5.61. The molecule has 1 aliphatic rings. The van der Waals surface area contributed by atoms with Crippen LogP contribution in [-0.2, 0) is 12.8 Å². The summed E-state index contributed by atoms with van der Waals surface area (Å²) in [6.45, 7) is 2.70. The molecule has 0 spiro atoms. The van der Waals surface area contributed by atoms with Crippen molar-refractivity contribution in [3.8, 4) is 5.75 Å². The molecular formula is C17H22N2OS. The van der Waals surface area contributed by atoms with Crippen molar-refractivity contribution in [3.05, 3.63) is 45.4 Å². The van der Waals surface area contributed by atoms with E-state index in [2.05, 4.69) is 23.5 Å². The van der Waals surface area contributed by atoms with Crippen LogP contribution in [0.4, 0.5) is 0 Å². The molecule has 1 aliphatic carbocycles. The molecule has 1 unspecified atom stereocenters. The number of thiazole rings is 1. The fourth-order valence-corrected chi connectivity index (χ4v) is 4.17. The Balaban J connectivity index is 1.90. The Morgan fingerprint density at radius 3 is 2.95 bits per heavy atom. The van der Waals surface area contributed by atoms with Gasteiger partial charge < -0.3 is 10.1 Å². The van der Waals surface area contributed by atoms with Gasteiger partial charge in [0.25, 0.3) is 0 Å². The van der Waals surface area contributed by atoms with Crippen LogP contribution >= 0.6 is 11.3 Å². The van der Waals surface area contributed by atoms with Gasteiger partial charge in [-0.3, -0.25) is 0 Å². The van der Waals surface area contributed by atoms with Crippen molar-refractivity contribution in [2.24, 2.45) is 0 Å². The van der Waals surface area contributed by atoms with E-state index in [9.17, 15) is 0 Å². The third kappa shape index (κ3) is 3.11. The molecule has 1 aromatic carbocycles. The van der Waals surface area contributed by atoms with E-state index >= 15 is 0 Å². The van der Waals surface area contributed by atoms with Crippen LogP contribution in [0.3, 0.4) is 0 Å². The summed E-state index contributed by atoms with van der Waals surface area (Å²) in [5, 5.41) is 4.58. The normalized spacial score (nSPS) is 15.5. The summed E-state index contributed by atoms with van der Waals surface area (Å²) in [4.78, 5) is 6.37. The van der Waals surface area contributed by atoms with Gasteiger partial charge in [-0.1, -0.05) is 12.1 Å². The number of ether oxygens (including phenoxy) is 1. The summed E-state index contributed by atoms with van der Waals surface area (Å²) in [6, 6.07) is 8.47. The molecule has 2 aromatic rings. The second-order valence-electron chi connectivity index (χ2n) is 5.36. The number of rotatable bonds is 5. The lowest BCUT2D eigenvalue weighted by Crippen LogP contribution is -2.17. The Bertz CT molecular complexity index is 585. The Kier molecular flexibility index (Phi) is 4.56. The number of hydrogen-bond acceptors (Lipinski definition) is 4. The minimum absolute atomic E-state index is 0.154. The van der Waals surface area contributed by atoms with Crippen LogP contribution in [0.1, 0.15) is 46.9 Å². The second-order valence-corrected chi connectivity index (χ2v) is 6.47. The summed E-state index contributed by atoms with van der Waals surface area (Å²) in [5.41, 5.74) is 2.54. The molecule has 0 saturated carbocycles. The highest BCUT2D eigenvalue weighted by Gasteiger charge is 2.21. The maximum atomic E-state index is 5.61. The van der Waals surface area contributed by atoms with Crippen LogP contribution < -0.4 is 10.1 Å². The quantitative estimate of drug-likeness (QED) is 0.914. The monoisotopic (exact) mass is 302 g/mol. The highest BCUT2D eigenvalue weighted by atomic mass is 32.1. The smallest absolute Gasteiger partial charge is 0.119 e. The number of aryl methyl sites for hydroxylation is 2. The number of nitrogens with one attached hydrogen (secondary N) is 1. The third-order valence-corrected chi connectivity index (χ3v) is 5.12. The van der Waals surface area contributed by atoms with E-state index in [1.807, 2.05) is 31.4 Å². The number of hydrogen-bond donors (Lipinski definition) is 1. The van der Waals surface area contributed by atoms with Crippen molar-refractivity contribution >= 4 is 11.3 Å². The van der Waals surface area contributed by atoms with Crippen LogP contribution in [0.2, 0.25) is 0 Å². The van der Waals surface area contributed by atoms with Crippen molar-refractivity contribution in [2.45, 2.75) is 38.6 Å². The van der Waals surface area contributed by atoms with Crippen LogP contribution in [-0.4, -0.2) is 18.6 Å². The zero-order valence-corrected chi connectivity index (χ0v) is 13.5. The van der Waals surface area contributed by atoms with E-state index in [4.69, 9.17) is 9.72 Å². The molecule has 0 aliphatic heterocycles. The Labute approximate surface area is 130 Å². The van der Waals surface area contributed by atoms with Gasteiger partial charge in [-0.05, 0) is 57.4 Å². The van der Waals surface area contributed by atoms with Crippen LogP contribution in [0.5, 0.6) is 5.75 Å². The van der Waals surface area contributed by atoms with Crippen LogP contribution in [0, 0.1) is 0 Å². The predicted molar refractivity (Wildman–Crippen MR) is 87.3 cm³/mol. The van der Waals surface area contributed by atoms with E-state index in [1.54, 1.807) is 0 Å². The first kappa shape index (κ1) is 14.5. The average Bonchev–Trinajstić information content (AvgIpc) is 2.92. The highest BCUT2D eigenvalue weighted by molar-refractivity contribution is 7.11. The zero-order chi connectivity index (χ0) is 14.7. The van der Waals surface area contributed by atoms with E-state index in [-0.39, 0.29) is 6.04 Å². The molecule has 112 valence electrons. The van der Waals surface area contributed by atoms with Gasteiger partial charge in [0.05, 0.1) is 18.3 Å². The first-order chi connectivity index (χ1) is 10.3. The fraction of sp³-hybridized carbons (Fsp3) is 0.471. The second kappa shape index (κ2) is 6.58. The van der Waals surface area contributed by atoms with Crippen molar-refractivity contribution in [2.75, 3.05) is 13.7 Å². The molecule has 0 radical (unpaired) electrons. The van der Waals surface area contributed by atoms with Gasteiger partial charge >= 0.3 is 0 Å². The molecule has 1 atom stereocenters. The van der Waals surface area contributed by atoms with Crippen molar-refractivity contribution in [1.29, 1.82) is 0 Å². The molecule has 0 saturated heterocycles. The summed E-state index contributed by atoms with van der Waals surface area (Å²) in [6.07, 6.45) is 4.92. The van der Waals surface area contributed by atoms with Gasteiger partial charge in [0.15, 0.2) is 0 Å². The van der Waals surface area contributed by atoms with Crippen molar-refractivity contribution in [1.82, 2.24) is 10.3 Å². The van der Waals surface area contributed by atoms with Gasteiger partial charge in [0.2, 0.25) is 0 Å². The van der Waals surface area contributed by atoms with Gasteiger partial charge in [-0.15, -0.1) is 11.3 Å². The summed E-state index contributed by atoms with van der Waals surface area (Å²) >= 11 is 1.87. The maximum Gasteiger partial charge on any atom is 0.119 e. The Morgan fingerprint density at radius 1 is 1.33 bits per heavy atom. The first-order valence-electron chi connectivity index (χ1n) is 7.70. The molecule has 21 heavy (non-hydrogen) atoms. The highest BCUT2D eigenvalue weighted by Crippen LogP contribution is 2.33. The molecular weight excluding hydrogens is 280 g/mol. The number of nitrogens with zero attached hydrogens (tertiary/aromatic N) is 1. The van der Waals surface area contributed by atoms with Gasteiger partial charge in [0, 0.05) is 4.88 Å². The van der Waals surface area contributed by atoms with Crippen LogP contribution in [0.15, 0.2) is 24.3 Å². The summed E-state index contributed by atoms with van der Waals surface area (Å²) in [5.74, 6) is 0.927. The first-order valence-corrected chi connectivity index (χ1v) is 8.52. The van der Waals surface area contributed by atoms with Crippen molar-refractivity contribution in [3.63, 3.8) is 0 Å². The molecule has 4 heteroatoms. The van der Waals surface area contributed by atoms with E-state index < -0.39 is 0 Å². The molecule has 3 rings (SSSR count). The summed E-state index contributed by atoms with van der Waals surface area (Å²) in [7, 11) is 2.00. The number of benzene rings is 1. The minimum Gasteiger partial charge on any atom is -0.494 e. The van der Waals surface area contributed by atoms with E-state index in [0.29, 0.717) is 6.61 Å². The molecule has 1 heterocycles. The molecule has 0 amide bonds. The fourth-order valence-electron chi connectivity index (χ4n) is 2.88. The molecule has 1 aromatic heterocycles. The lowest BCUT2D eigenvalue weighted by Gasteiger charge is -2.15. The van der Waals surface area contributed by atoms with E-state index in [1.165, 1.54) is 40.4 Å². The molecule has 0 fully saturated rings. The van der Waals surface area contributed by atoms with Crippen LogP contribution in [0.25, 0.3) is 0 Å². The van der Waals surface area contributed by atoms with Gasteiger partial charge in [-0.25, -0.2) is 4.98 Å². The topological polar surface area (TPSA) is 34.1 Å². The molecule has 0 bridgehead atoms. The largest absolute Gasteiger partial charge is 0.494 e. The molecule has 3 nitrogen and oxygen atoms in total. The third-order valence-electron chi connectivity index (χ3n) is 3.90. The SMILES string of the molecule is CCOc1cccc(C(NC)c2nc3c(s2)CCCC3)c1. The zero-order valence-electron chi connectivity index (χ0n) is 12.7. The Hall–Kier alpha value is -1.39. The van der Waals surface area contributed by atoms with Gasteiger partial charge in [0.1, 0.15) is 10.8 Å². The lowest BCUT2D eigenvalue weighted by molar-refractivity contribution is 0.339. The van der Waals surface area contributed by atoms with Gasteiger partial charge in [-0.2, -0.15) is 0 Å². The minimum atomic E-state index is 0.154. The summed E-state index contributed by atoms with van der Waals surface area (Å²) < 4.78 is 5.61.